The van der Waals surface area contributed by atoms with Crippen LogP contribution in [0.4, 0.5) is 0 Å². The van der Waals surface area contributed by atoms with Gasteiger partial charge in [-0.25, -0.2) is 0 Å². The summed E-state index contributed by atoms with van der Waals surface area (Å²) in [5.74, 6) is 0. The Morgan fingerprint density at radius 3 is 1.86 bits per heavy atom. The van der Waals surface area contributed by atoms with Crippen LogP contribution in [-0.2, 0) is 22.2 Å². The van der Waals surface area contributed by atoms with Crippen molar-refractivity contribution in [3.8, 4) is 0 Å². The average Bonchev–Trinajstić information content (AvgIpc) is 2.84. The lowest BCUT2D eigenvalue weighted by Gasteiger charge is -2.32. The molecule has 1 heterocycles. The molecule has 0 aliphatic carbocycles. The average molecular weight is 378 g/mol. The Labute approximate surface area is 174 Å². The minimum Gasteiger partial charge on any atom is -0.399 e. The number of hydrogen-bond acceptors (Lipinski definition) is 2. The van der Waals surface area contributed by atoms with Crippen LogP contribution in [-0.4, -0.2) is 26.2 Å². The molecular formula is C24H36B2O2. The minimum absolute atomic E-state index is 0.341. The third kappa shape index (κ3) is 5.64. The molecule has 2 radical (unpaired) electrons. The van der Waals surface area contributed by atoms with Gasteiger partial charge in [0.05, 0.1) is 11.2 Å². The van der Waals surface area contributed by atoms with E-state index < -0.39 is 0 Å². The van der Waals surface area contributed by atoms with E-state index in [0.717, 1.165) is 62.3 Å². The first kappa shape index (κ1) is 23.0. The molecule has 0 unspecified atom stereocenters. The summed E-state index contributed by atoms with van der Waals surface area (Å²) < 4.78 is 12.7. The van der Waals surface area contributed by atoms with Crippen LogP contribution in [0, 0.1) is 0 Å². The molecule has 0 saturated carbocycles. The van der Waals surface area contributed by atoms with E-state index in [1.165, 1.54) is 11.1 Å². The third-order valence-electron chi connectivity index (χ3n) is 6.12. The van der Waals surface area contributed by atoms with E-state index in [2.05, 4.69) is 53.0 Å². The first-order chi connectivity index (χ1) is 13.2. The number of unbranched alkanes of at least 4 members (excludes halogenated alkanes) is 4. The Hall–Kier alpha value is -1.25. The summed E-state index contributed by atoms with van der Waals surface area (Å²) in [5, 5.41) is 0. The zero-order valence-corrected chi connectivity index (χ0v) is 18.4. The summed E-state index contributed by atoms with van der Waals surface area (Å²) in [6.07, 6.45) is 12.5. The summed E-state index contributed by atoms with van der Waals surface area (Å²) >= 11 is 0. The van der Waals surface area contributed by atoms with Gasteiger partial charge in [0.2, 0.25) is 0 Å². The van der Waals surface area contributed by atoms with Crippen molar-refractivity contribution in [1.82, 2.24) is 0 Å². The van der Waals surface area contributed by atoms with Crippen LogP contribution in [0.15, 0.2) is 37.4 Å². The van der Waals surface area contributed by atoms with E-state index >= 15 is 0 Å². The molecule has 28 heavy (non-hydrogen) atoms. The molecule has 1 saturated heterocycles. The van der Waals surface area contributed by atoms with Gasteiger partial charge < -0.3 is 9.31 Å². The molecule has 0 amide bonds. The lowest BCUT2D eigenvalue weighted by Crippen LogP contribution is -2.41. The van der Waals surface area contributed by atoms with Crippen LogP contribution in [0.3, 0.4) is 0 Å². The Morgan fingerprint density at radius 2 is 1.36 bits per heavy atom. The lowest BCUT2D eigenvalue weighted by molar-refractivity contribution is 0.00578. The third-order valence-corrected chi connectivity index (χ3v) is 6.12. The topological polar surface area (TPSA) is 18.5 Å². The van der Waals surface area contributed by atoms with Crippen molar-refractivity contribution in [2.75, 3.05) is 0 Å². The molecule has 0 N–H and O–H groups in total. The van der Waals surface area contributed by atoms with Crippen LogP contribution in [0.25, 0.3) is 0 Å². The largest absolute Gasteiger partial charge is 0.495 e. The van der Waals surface area contributed by atoms with E-state index in [0.29, 0.717) is 0 Å². The fourth-order valence-electron chi connectivity index (χ4n) is 3.56. The highest BCUT2D eigenvalue weighted by Crippen LogP contribution is 2.36. The molecule has 1 aliphatic heterocycles. The summed E-state index contributed by atoms with van der Waals surface area (Å²) in [7, 11) is 6.08. The van der Waals surface area contributed by atoms with Crippen molar-refractivity contribution < 1.29 is 9.31 Å². The van der Waals surface area contributed by atoms with Gasteiger partial charge in [-0.2, -0.15) is 0 Å². The number of allylic oxidation sites excluding steroid dienone is 2. The van der Waals surface area contributed by atoms with E-state index in [-0.39, 0.29) is 18.3 Å². The maximum absolute atomic E-state index is 6.42. The van der Waals surface area contributed by atoms with Crippen molar-refractivity contribution in [3.63, 3.8) is 0 Å². The number of aryl methyl sites for hydroxylation is 2. The number of hydrogen-bond donors (Lipinski definition) is 0. The van der Waals surface area contributed by atoms with Gasteiger partial charge in [0.25, 0.3) is 0 Å². The molecular weight excluding hydrogens is 342 g/mol. The zero-order chi connectivity index (χ0) is 20.8. The fraction of sp³-hybridized carbons (Fsp3) is 0.583. The molecule has 1 aliphatic rings. The fourth-order valence-corrected chi connectivity index (χ4v) is 3.56. The van der Waals surface area contributed by atoms with Gasteiger partial charge in [-0.05, 0) is 90.1 Å². The second-order valence-corrected chi connectivity index (χ2v) is 8.91. The quantitative estimate of drug-likeness (QED) is 0.319. The van der Waals surface area contributed by atoms with Gasteiger partial charge >= 0.3 is 7.12 Å². The van der Waals surface area contributed by atoms with Crippen LogP contribution >= 0.6 is 0 Å². The molecule has 2 nitrogen and oxygen atoms in total. The van der Waals surface area contributed by atoms with Crippen molar-refractivity contribution in [2.45, 2.75) is 90.3 Å². The van der Waals surface area contributed by atoms with Gasteiger partial charge in [-0.1, -0.05) is 35.3 Å². The lowest BCUT2D eigenvalue weighted by atomic mass is 9.71. The van der Waals surface area contributed by atoms with Crippen molar-refractivity contribution >= 4 is 25.9 Å². The smallest absolute Gasteiger partial charge is 0.399 e. The predicted molar refractivity (Wildman–Crippen MR) is 123 cm³/mol. The standard InChI is InChI=1S/C24H36B2O2/c1-7-9-11-13-15-19-18-22(26-27-23(3,4)24(5,6)28-26)20(17-21(19)25)16-14-12-10-8-2/h7-8,17-18H,1-2,9-16H2,3-6H3. The minimum atomic E-state index is -0.344. The molecule has 1 fully saturated rings. The van der Waals surface area contributed by atoms with Crippen molar-refractivity contribution in [2.24, 2.45) is 0 Å². The summed E-state index contributed by atoms with van der Waals surface area (Å²) in [4.78, 5) is 0. The molecule has 0 atom stereocenters. The number of benzene rings is 1. The molecule has 0 spiro atoms. The van der Waals surface area contributed by atoms with Crippen LogP contribution in [0.1, 0.15) is 77.3 Å². The van der Waals surface area contributed by atoms with Gasteiger partial charge in [-0.3, -0.25) is 0 Å². The SMILES string of the molecule is [B]c1cc(CCCCC=C)c(B2OC(C)(C)C(C)(C)O2)cc1CCCCC=C. The van der Waals surface area contributed by atoms with Crippen LogP contribution < -0.4 is 10.9 Å². The maximum atomic E-state index is 6.42. The monoisotopic (exact) mass is 378 g/mol. The van der Waals surface area contributed by atoms with Gasteiger partial charge in [0.1, 0.15) is 7.85 Å². The van der Waals surface area contributed by atoms with Gasteiger partial charge in [-0.15, -0.1) is 13.2 Å². The van der Waals surface area contributed by atoms with Crippen molar-refractivity contribution in [3.05, 3.63) is 48.6 Å². The Balaban J connectivity index is 2.27. The highest BCUT2D eigenvalue weighted by Gasteiger charge is 2.52. The second kappa shape index (κ2) is 9.98. The predicted octanol–water partition coefficient (Wildman–Crippen LogP) is 4.58. The summed E-state index contributed by atoms with van der Waals surface area (Å²) in [6.45, 7) is 16.0. The van der Waals surface area contributed by atoms with Crippen LogP contribution in [0.2, 0.25) is 0 Å². The van der Waals surface area contributed by atoms with E-state index in [4.69, 9.17) is 17.2 Å². The Kier molecular flexibility index (Phi) is 8.21. The van der Waals surface area contributed by atoms with Gasteiger partial charge in [0, 0.05) is 0 Å². The maximum Gasteiger partial charge on any atom is 0.495 e. The summed E-state index contributed by atoms with van der Waals surface area (Å²) in [6, 6.07) is 4.38. The Morgan fingerprint density at radius 1 is 0.857 bits per heavy atom. The summed E-state index contributed by atoms with van der Waals surface area (Å²) in [5.41, 5.74) is 3.79. The van der Waals surface area contributed by atoms with E-state index in [9.17, 15) is 0 Å². The highest BCUT2D eigenvalue weighted by molar-refractivity contribution is 6.62. The van der Waals surface area contributed by atoms with Gasteiger partial charge in [0.15, 0.2) is 0 Å². The molecule has 1 aromatic carbocycles. The molecule has 0 aromatic heterocycles. The molecule has 0 bridgehead atoms. The van der Waals surface area contributed by atoms with Crippen molar-refractivity contribution in [1.29, 1.82) is 0 Å². The molecule has 4 heteroatoms. The molecule has 150 valence electrons. The highest BCUT2D eigenvalue weighted by atomic mass is 16.7. The molecule has 1 aromatic rings. The second-order valence-electron chi connectivity index (χ2n) is 8.91. The first-order valence-corrected chi connectivity index (χ1v) is 10.7. The van der Waals surface area contributed by atoms with E-state index in [1.54, 1.807) is 0 Å². The Bertz CT molecular complexity index is 663. The normalized spacial score (nSPS) is 17.6. The number of rotatable bonds is 11. The zero-order valence-electron chi connectivity index (χ0n) is 18.4. The van der Waals surface area contributed by atoms with E-state index in [1.807, 2.05) is 12.2 Å². The first-order valence-electron chi connectivity index (χ1n) is 10.7. The van der Waals surface area contributed by atoms with Crippen LogP contribution in [0.5, 0.6) is 0 Å². The molecule has 2 rings (SSSR count).